The SMILES string of the molecule is CC(c1nc2ccccc2c(=O)[nH]1)N(CCCCCCN)C(=O)C(C)(C)C. The molecule has 0 aliphatic rings. The fourth-order valence-electron chi connectivity index (χ4n) is 3.13. The summed E-state index contributed by atoms with van der Waals surface area (Å²) in [5, 5.41) is 0.559. The highest BCUT2D eigenvalue weighted by Gasteiger charge is 2.31. The smallest absolute Gasteiger partial charge is 0.258 e. The third-order valence-corrected chi connectivity index (χ3v) is 4.75. The third kappa shape index (κ3) is 5.39. The van der Waals surface area contributed by atoms with Crippen molar-refractivity contribution >= 4 is 16.8 Å². The summed E-state index contributed by atoms with van der Waals surface area (Å²) in [7, 11) is 0. The highest BCUT2D eigenvalue weighted by molar-refractivity contribution is 5.82. The summed E-state index contributed by atoms with van der Waals surface area (Å²) in [6, 6.07) is 6.95. The van der Waals surface area contributed by atoms with Gasteiger partial charge in [-0.2, -0.15) is 0 Å². The fourth-order valence-corrected chi connectivity index (χ4v) is 3.13. The van der Waals surface area contributed by atoms with Gasteiger partial charge in [0.25, 0.3) is 5.56 Å². The van der Waals surface area contributed by atoms with Crippen LogP contribution in [0, 0.1) is 5.41 Å². The molecule has 148 valence electrons. The van der Waals surface area contributed by atoms with Gasteiger partial charge in [0.05, 0.1) is 16.9 Å². The van der Waals surface area contributed by atoms with E-state index in [0.717, 1.165) is 25.7 Å². The largest absolute Gasteiger partial charge is 0.332 e. The Hall–Kier alpha value is -2.21. The molecular formula is C21H32N4O2. The first kappa shape index (κ1) is 21.1. The van der Waals surface area contributed by atoms with Gasteiger partial charge in [-0.15, -0.1) is 0 Å². The van der Waals surface area contributed by atoms with E-state index in [1.807, 2.05) is 50.8 Å². The minimum Gasteiger partial charge on any atom is -0.332 e. The minimum absolute atomic E-state index is 0.0598. The van der Waals surface area contributed by atoms with Gasteiger partial charge in [0, 0.05) is 12.0 Å². The maximum Gasteiger partial charge on any atom is 0.258 e. The number of nitrogens with one attached hydrogen (secondary N) is 1. The number of unbranched alkanes of at least 4 members (excludes halogenated alkanes) is 3. The molecule has 1 amide bonds. The zero-order valence-electron chi connectivity index (χ0n) is 16.9. The van der Waals surface area contributed by atoms with E-state index in [-0.39, 0.29) is 17.5 Å². The van der Waals surface area contributed by atoms with Crippen LogP contribution in [-0.4, -0.2) is 33.9 Å². The molecule has 0 aliphatic heterocycles. The predicted molar refractivity (Wildman–Crippen MR) is 109 cm³/mol. The number of amides is 1. The monoisotopic (exact) mass is 372 g/mol. The Morgan fingerprint density at radius 1 is 1.19 bits per heavy atom. The molecule has 1 atom stereocenters. The van der Waals surface area contributed by atoms with Crippen molar-refractivity contribution in [3.8, 4) is 0 Å². The van der Waals surface area contributed by atoms with E-state index in [0.29, 0.717) is 29.8 Å². The lowest BCUT2D eigenvalue weighted by molar-refractivity contribution is -0.142. The lowest BCUT2D eigenvalue weighted by atomic mass is 9.93. The Kier molecular flexibility index (Phi) is 7.13. The summed E-state index contributed by atoms with van der Waals surface area (Å²) in [6.45, 7) is 9.01. The quantitative estimate of drug-likeness (QED) is 0.695. The van der Waals surface area contributed by atoms with Crippen molar-refractivity contribution in [1.29, 1.82) is 0 Å². The van der Waals surface area contributed by atoms with E-state index in [4.69, 9.17) is 5.73 Å². The van der Waals surface area contributed by atoms with E-state index < -0.39 is 5.41 Å². The number of carbonyl (C=O) groups excluding carboxylic acids is 1. The third-order valence-electron chi connectivity index (χ3n) is 4.75. The van der Waals surface area contributed by atoms with Crippen LogP contribution < -0.4 is 11.3 Å². The van der Waals surface area contributed by atoms with Crippen molar-refractivity contribution in [3.05, 3.63) is 40.4 Å². The Bertz CT molecular complexity index is 823. The molecule has 0 spiro atoms. The predicted octanol–water partition coefficient (Wildman–Crippen LogP) is 3.38. The zero-order valence-corrected chi connectivity index (χ0v) is 16.9. The lowest BCUT2D eigenvalue weighted by Gasteiger charge is -2.34. The maximum absolute atomic E-state index is 13.0. The average Bonchev–Trinajstić information content (AvgIpc) is 2.63. The number of nitrogens with two attached hydrogens (primary N) is 1. The lowest BCUT2D eigenvalue weighted by Crippen LogP contribution is -2.42. The van der Waals surface area contributed by atoms with Crippen molar-refractivity contribution < 1.29 is 4.79 Å². The van der Waals surface area contributed by atoms with Gasteiger partial charge in [0.2, 0.25) is 5.91 Å². The summed E-state index contributed by atoms with van der Waals surface area (Å²) < 4.78 is 0. The number of hydrogen-bond acceptors (Lipinski definition) is 4. The van der Waals surface area contributed by atoms with E-state index in [1.54, 1.807) is 6.07 Å². The first-order chi connectivity index (χ1) is 12.8. The number of fused-ring (bicyclic) bond motifs is 1. The van der Waals surface area contributed by atoms with Crippen LogP contribution in [0.25, 0.3) is 10.9 Å². The van der Waals surface area contributed by atoms with Gasteiger partial charge in [-0.25, -0.2) is 4.98 Å². The highest BCUT2D eigenvalue weighted by Crippen LogP contribution is 2.26. The Balaban J connectivity index is 2.28. The van der Waals surface area contributed by atoms with Gasteiger partial charge >= 0.3 is 0 Å². The van der Waals surface area contributed by atoms with Gasteiger partial charge in [0.15, 0.2) is 0 Å². The molecule has 1 unspecified atom stereocenters. The van der Waals surface area contributed by atoms with E-state index in [2.05, 4.69) is 9.97 Å². The molecule has 0 saturated carbocycles. The molecule has 1 aromatic carbocycles. The molecule has 0 radical (unpaired) electrons. The molecule has 2 aromatic rings. The molecule has 0 aliphatic carbocycles. The Morgan fingerprint density at radius 3 is 2.52 bits per heavy atom. The summed E-state index contributed by atoms with van der Waals surface area (Å²) in [5.74, 6) is 0.586. The number of benzene rings is 1. The normalized spacial score (nSPS) is 12.9. The topological polar surface area (TPSA) is 92.1 Å². The summed E-state index contributed by atoms with van der Waals surface area (Å²) in [4.78, 5) is 34.8. The van der Waals surface area contributed by atoms with Gasteiger partial charge in [-0.05, 0) is 38.4 Å². The van der Waals surface area contributed by atoms with Crippen LogP contribution in [-0.2, 0) is 4.79 Å². The van der Waals surface area contributed by atoms with Crippen molar-refractivity contribution in [3.63, 3.8) is 0 Å². The van der Waals surface area contributed by atoms with Gasteiger partial charge < -0.3 is 15.6 Å². The molecule has 0 fully saturated rings. The maximum atomic E-state index is 13.0. The first-order valence-corrected chi connectivity index (χ1v) is 9.76. The molecule has 6 nitrogen and oxygen atoms in total. The number of rotatable bonds is 8. The zero-order chi connectivity index (χ0) is 20.0. The van der Waals surface area contributed by atoms with Crippen LogP contribution in [0.1, 0.15) is 65.2 Å². The average molecular weight is 373 g/mol. The first-order valence-electron chi connectivity index (χ1n) is 9.76. The molecule has 3 N–H and O–H groups in total. The molecule has 1 heterocycles. The van der Waals surface area contributed by atoms with Crippen molar-refractivity contribution in [2.75, 3.05) is 13.1 Å². The number of para-hydroxylation sites is 1. The van der Waals surface area contributed by atoms with Crippen molar-refractivity contribution in [2.45, 2.75) is 59.4 Å². The van der Waals surface area contributed by atoms with Gasteiger partial charge in [-0.1, -0.05) is 45.7 Å². The van der Waals surface area contributed by atoms with Crippen LogP contribution in [0.15, 0.2) is 29.1 Å². The number of hydrogen-bond donors (Lipinski definition) is 2. The Morgan fingerprint density at radius 2 is 1.85 bits per heavy atom. The van der Waals surface area contributed by atoms with Crippen molar-refractivity contribution in [2.24, 2.45) is 11.1 Å². The molecular weight excluding hydrogens is 340 g/mol. The van der Waals surface area contributed by atoms with E-state index in [1.165, 1.54) is 0 Å². The number of H-pyrrole nitrogens is 1. The number of aromatic nitrogens is 2. The molecule has 0 saturated heterocycles. The van der Waals surface area contributed by atoms with Crippen LogP contribution in [0.5, 0.6) is 0 Å². The second-order valence-corrected chi connectivity index (χ2v) is 8.10. The molecule has 6 heteroatoms. The number of carbonyl (C=O) groups is 1. The van der Waals surface area contributed by atoms with E-state index in [9.17, 15) is 9.59 Å². The standard InChI is InChI=1S/C21H32N4O2/c1-15(18-23-17-12-8-7-11-16(17)19(26)24-18)25(20(27)21(2,3)4)14-10-6-5-9-13-22/h7-8,11-12,15H,5-6,9-10,13-14,22H2,1-4H3,(H,23,24,26). The van der Waals surface area contributed by atoms with Crippen molar-refractivity contribution in [1.82, 2.24) is 14.9 Å². The minimum atomic E-state index is -0.497. The fraction of sp³-hybridized carbons (Fsp3) is 0.571. The van der Waals surface area contributed by atoms with Gasteiger partial charge in [0.1, 0.15) is 5.82 Å². The second-order valence-electron chi connectivity index (χ2n) is 8.10. The van der Waals surface area contributed by atoms with Crippen LogP contribution in [0.2, 0.25) is 0 Å². The highest BCUT2D eigenvalue weighted by atomic mass is 16.2. The van der Waals surface area contributed by atoms with Crippen LogP contribution >= 0.6 is 0 Å². The number of aromatic amines is 1. The van der Waals surface area contributed by atoms with Crippen LogP contribution in [0.4, 0.5) is 0 Å². The Labute approximate surface area is 161 Å². The number of nitrogens with zero attached hydrogens (tertiary/aromatic N) is 2. The van der Waals surface area contributed by atoms with E-state index >= 15 is 0 Å². The second kappa shape index (κ2) is 9.13. The summed E-state index contributed by atoms with van der Waals surface area (Å²) in [5.41, 5.74) is 5.53. The summed E-state index contributed by atoms with van der Waals surface area (Å²) in [6.07, 6.45) is 4.00. The molecule has 2 rings (SSSR count). The van der Waals surface area contributed by atoms with Crippen LogP contribution in [0.3, 0.4) is 0 Å². The summed E-state index contributed by atoms with van der Waals surface area (Å²) >= 11 is 0. The molecule has 0 bridgehead atoms. The van der Waals surface area contributed by atoms with Gasteiger partial charge in [-0.3, -0.25) is 9.59 Å². The molecule has 1 aromatic heterocycles. The molecule has 27 heavy (non-hydrogen) atoms.